The molecular weight excluding hydrogens is 366 g/mol. The van der Waals surface area contributed by atoms with Crippen LogP contribution < -0.4 is 4.74 Å². The van der Waals surface area contributed by atoms with Gasteiger partial charge in [-0.1, -0.05) is 24.3 Å². The van der Waals surface area contributed by atoms with E-state index in [9.17, 15) is 22.4 Å². The van der Waals surface area contributed by atoms with Crippen LogP contribution in [-0.2, 0) is 22.3 Å². The summed E-state index contributed by atoms with van der Waals surface area (Å²) in [6, 6.07) is 9.67. The number of carbonyl (C=O) groups is 1. The van der Waals surface area contributed by atoms with E-state index in [-0.39, 0.29) is 24.6 Å². The molecule has 1 fully saturated rings. The molecule has 0 radical (unpaired) electrons. The number of alkyl halides is 3. The maximum absolute atomic E-state index is 13.5. The van der Waals surface area contributed by atoms with Crippen LogP contribution in [0, 0.1) is 5.82 Å². The van der Waals surface area contributed by atoms with Crippen molar-refractivity contribution in [2.45, 2.75) is 25.9 Å². The van der Waals surface area contributed by atoms with Crippen LogP contribution in [0.1, 0.15) is 29.8 Å². The van der Waals surface area contributed by atoms with Gasteiger partial charge in [-0.3, -0.25) is 4.79 Å². The Balaban J connectivity index is 1.91. The van der Waals surface area contributed by atoms with Gasteiger partial charge in [-0.2, -0.15) is 13.2 Å². The lowest BCUT2D eigenvalue weighted by molar-refractivity contribution is -0.140. The molecule has 3 rings (SSSR count). The van der Waals surface area contributed by atoms with Gasteiger partial charge in [-0.05, 0) is 30.7 Å². The Hall–Kier alpha value is -2.61. The van der Waals surface area contributed by atoms with Gasteiger partial charge in [0.25, 0.3) is 5.91 Å². The van der Waals surface area contributed by atoms with Crippen molar-refractivity contribution in [3.05, 3.63) is 65.0 Å². The van der Waals surface area contributed by atoms with E-state index in [2.05, 4.69) is 0 Å². The van der Waals surface area contributed by atoms with Crippen molar-refractivity contribution >= 4 is 5.91 Å². The highest BCUT2D eigenvalue weighted by Gasteiger charge is 2.37. The number of para-hydroxylation sites is 1. The van der Waals surface area contributed by atoms with Crippen LogP contribution in [-0.4, -0.2) is 24.0 Å². The first kappa shape index (κ1) is 19.2. The molecule has 27 heavy (non-hydrogen) atoms. The molecule has 1 atom stereocenters. The van der Waals surface area contributed by atoms with Gasteiger partial charge in [0.1, 0.15) is 18.2 Å². The summed E-state index contributed by atoms with van der Waals surface area (Å²) in [6.45, 7) is 1.88. The predicted molar refractivity (Wildman–Crippen MR) is 88.3 cm³/mol. The molecule has 1 amide bonds. The normalized spacial score (nSPS) is 17.4. The summed E-state index contributed by atoms with van der Waals surface area (Å²) in [6.07, 6.45) is -5.60. The largest absolute Gasteiger partial charge is 0.493 e. The van der Waals surface area contributed by atoms with Crippen LogP contribution in [0.5, 0.6) is 5.75 Å². The number of carbonyl (C=O) groups excluding carboxylic acids is 1. The highest BCUT2D eigenvalue weighted by Crippen LogP contribution is 2.36. The number of ether oxygens (including phenoxy) is 2. The fourth-order valence-electron chi connectivity index (χ4n) is 2.94. The second-order valence-corrected chi connectivity index (χ2v) is 5.97. The van der Waals surface area contributed by atoms with Crippen molar-refractivity contribution in [3.63, 3.8) is 0 Å². The van der Waals surface area contributed by atoms with Gasteiger partial charge in [0, 0.05) is 12.1 Å². The summed E-state index contributed by atoms with van der Waals surface area (Å²) in [4.78, 5) is 13.6. The van der Waals surface area contributed by atoms with Crippen LogP contribution in [0.4, 0.5) is 17.6 Å². The summed E-state index contributed by atoms with van der Waals surface area (Å²) >= 11 is 0. The number of rotatable bonds is 5. The van der Waals surface area contributed by atoms with Crippen molar-refractivity contribution < 1.29 is 31.8 Å². The Morgan fingerprint density at radius 2 is 1.96 bits per heavy atom. The zero-order valence-corrected chi connectivity index (χ0v) is 14.4. The number of nitrogens with zero attached hydrogens (tertiary/aromatic N) is 1. The minimum absolute atomic E-state index is 0.146. The topological polar surface area (TPSA) is 38.8 Å². The van der Waals surface area contributed by atoms with Crippen molar-refractivity contribution in [2.24, 2.45) is 0 Å². The van der Waals surface area contributed by atoms with E-state index in [0.29, 0.717) is 24.0 Å². The van der Waals surface area contributed by atoms with Gasteiger partial charge in [0.05, 0.1) is 12.2 Å². The van der Waals surface area contributed by atoms with E-state index in [1.54, 1.807) is 24.3 Å². The van der Waals surface area contributed by atoms with E-state index in [0.717, 1.165) is 6.07 Å². The van der Waals surface area contributed by atoms with E-state index >= 15 is 0 Å². The van der Waals surface area contributed by atoms with Crippen LogP contribution in [0.15, 0.2) is 42.5 Å². The molecule has 0 spiro atoms. The second-order valence-electron chi connectivity index (χ2n) is 5.97. The zero-order valence-electron chi connectivity index (χ0n) is 14.4. The van der Waals surface area contributed by atoms with Crippen LogP contribution in [0.3, 0.4) is 0 Å². The first-order chi connectivity index (χ1) is 12.8. The first-order valence-corrected chi connectivity index (χ1v) is 8.29. The van der Waals surface area contributed by atoms with Crippen molar-refractivity contribution in [1.29, 1.82) is 0 Å². The molecule has 4 nitrogen and oxygen atoms in total. The minimum Gasteiger partial charge on any atom is -0.493 e. The summed E-state index contributed by atoms with van der Waals surface area (Å²) in [5.74, 6) is -1.20. The first-order valence-electron chi connectivity index (χ1n) is 8.29. The lowest BCUT2D eigenvalue weighted by atomic mass is 10.1. The van der Waals surface area contributed by atoms with E-state index < -0.39 is 23.8 Å². The molecule has 0 bridgehead atoms. The minimum atomic E-state index is -4.81. The number of amides is 1. The monoisotopic (exact) mass is 383 g/mol. The fourth-order valence-corrected chi connectivity index (χ4v) is 2.94. The van der Waals surface area contributed by atoms with E-state index in [4.69, 9.17) is 9.47 Å². The summed E-state index contributed by atoms with van der Waals surface area (Å²) < 4.78 is 63.4. The Bertz CT molecular complexity index is 838. The average Bonchev–Trinajstić information content (AvgIpc) is 2.97. The Morgan fingerprint density at radius 3 is 2.67 bits per heavy atom. The third kappa shape index (κ3) is 4.05. The zero-order chi connectivity index (χ0) is 19.6. The lowest BCUT2D eigenvalue weighted by Crippen LogP contribution is -2.28. The molecule has 0 N–H and O–H groups in total. The number of hydrogen-bond acceptors (Lipinski definition) is 3. The van der Waals surface area contributed by atoms with Crippen LogP contribution >= 0.6 is 0 Å². The van der Waals surface area contributed by atoms with E-state index in [1.165, 1.54) is 11.0 Å². The Labute approximate surface area is 153 Å². The highest BCUT2D eigenvalue weighted by molar-refractivity contribution is 5.79. The molecule has 0 aromatic heterocycles. The second kappa shape index (κ2) is 7.56. The average molecular weight is 383 g/mol. The molecular formula is C19H17F4NO3. The summed E-state index contributed by atoms with van der Waals surface area (Å²) in [5.41, 5.74) is -0.608. The fraction of sp³-hybridized carbons (Fsp3) is 0.316. The molecule has 0 saturated carbocycles. The smallest absolute Gasteiger partial charge is 0.419 e. The molecule has 1 unspecified atom stereocenters. The molecule has 0 aliphatic carbocycles. The molecule has 2 aromatic carbocycles. The number of halogens is 4. The molecule has 144 valence electrons. The van der Waals surface area contributed by atoms with Crippen LogP contribution in [0.2, 0.25) is 0 Å². The Kier molecular flexibility index (Phi) is 5.36. The van der Waals surface area contributed by atoms with Gasteiger partial charge in [0.15, 0.2) is 6.23 Å². The van der Waals surface area contributed by atoms with Crippen LogP contribution in [0.25, 0.3) is 0 Å². The SMILES string of the molecule is CCOc1ccccc1C1OCC(=O)N1Cc1ccc(F)c(C(F)(F)F)c1. The van der Waals surface area contributed by atoms with Crippen molar-refractivity contribution in [2.75, 3.05) is 13.2 Å². The van der Waals surface area contributed by atoms with Gasteiger partial charge < -0.3 is 14.4 Å². The van der Waals surface area contributed by atoms with Gasteiger partial charge >= 0.3 is 6.18 Å². The number of benzene rings is 2. The summed E-state index contributed by atoms with van der Waals surface area (Å²) in [7, 11) is 0. The van der Waals surface area contributed by atoms with Crippen molar-refractivity contribution in [3.8, 4) is 5.75 Å². The Morgan fingerprint density at radius 1 is 1.22 bits per heavy atom. The van der Waals surface area contributed by atoms with Crippen molar-refractivity contribution in [1.82, 2.24) is 4.90 Å². The standard InChI is InChI=1S/C19H17F4NO3/c1-2-26-16-6-4-3-5-13(16)18-24(17(25)11-27-18)10-12-7-8-15(20)14(9-12)19(21,22)23/h3-9,18H,2,10-11H2,1H3. The maximum Gasteiger partial charge on any atom is 0.419 e. The third-order valence-electron chi connectivity index (χ3n) is 4.14. The van der Waals surface area contributed by atoms with Gasteiger partial charge in [-0.15, -0.1) is 0 Å². The molecule has 1 saturated heterocycles. The molecule has 1 heterocycles. The predicted octanol–water partition coefficient (Wildman–Crippen LogP) is 4.30. The molecule has 2 aromatic rings. The lowest BCUT2D eigenvalue weighted by Gasteiger charge is -2.25. The highest BCUT2D eigenvalue weighted by atomic mass is 19.4. The maximum atomic E-state index is 13.5. The van der Waals surface area contributed by atoms with Gasteiger partial charge in [0.2, 0.25) is 0 Å². The molecule has 8 heteroatoms. The van der Waals surface area contributed by atoms with Gasteiger partial charge in [-0.25, -0.2) is 4.39 Å². The number of hydrogen-bond donors (Lipinski definition) is 0. The van der Waals surface area contributed by atoms with E-state index in [1.807, 2.05) is 6.92 Å². The quantitative estimate of drug-likeness (QED) is 0.723. The molecule has 1 aliphatic rings. The molecule has 1 aliphatic heterocycles. The third-order valence-corrected chi connectivity index (χ3v) is 4.14. The summed E-state index contributed by atoms with van der Waals surface area (Å²) in [5, 5.41) is 0.